The van der Waals surface area contributed by atoms with E-state index in [0.29, 0.717) is 6.54 Å². The van der Waals surface area contributed by atoms with E-state index in [0.717, 1.165) is 13.1 Å². The van der Waals surface area contributed by atoms with Crippen LogP contribution in [0.2, 0.25) is 0 Å². The van der Waals surface area contributed by atoms with Gasteiger partial charge in [-0.2, -0.15) is 0 Å². The number of benzene rings is 1. The molecular weight excluding hydrogens is 240 g/mol. The largest absolute Gasteiger partial charge is 0.378 e. The van der Waals surface area contributed by atoms with Crippen LogP contribution in [0.5, 0.6) is 0 Å². The van der Waals surface area contributed by atoms with Crippen molar-refractivity contribution in [1.82, 2.24) is 15.5 Å². The fourth-order valence-corrected chi connectivity index (χ4v) is 1.56. The summed E-state index contributed by atoms with van der Waals surface area (Å²) in [5.74, 6) is 0. The van der Waals surface area contributed by atoms with Gasteiger partial charge in [0.2, 0.25) is 0 Å². The third kappa shape index (κ3) is 5.61. The molecule has 0 atom stereocenters. The number of hydrogen-bond donors (Lipinski definition) is 2. The molecule has 5 heteroatoms. The highest BCUT2D eigenvalue weighted by Gasteiger charge is 2.00. The molecule has 19 heavy (non-hydrogen) atoms. The van der Waals surface area contributed by atoms with Crippen LogP contribution in [0.1, 0.15) is 5.56 Å². The van der Waals surface area contributed by atoms with Gasteiger partial charge in [-0.3, -0.25) is 0 Å². The van der Waals surface area contributed by atoms with Crippen molar-refractivity contribution in [3.05, 3.63) is 29.8 Å². The summed E-state index contributed by atoms with van der Waals surface area (Å²) in [6, 6.07) is 8.37. The van der Waals surface area contributed by atoms with E-state index in [4.69, 9.17) is 0 Å². The monoisotopic (exact) mass is 264 g/mol. The standard InChI is InChI=1S/C14H24N4O/c1-17(2)13-7-5-12(6-8-13)11-15-9-10-16-14(19)18(3)4/h5-8,15H,9-11H2,1-4H3,(H,16,19). The van der Waals surface area contributed by atoms with Crippen LogP contribution in [0.4, 0.5) is 10.5 Å². The molecule has 0 aliphatic heterocycles. The van der Waals surface area contributed by atoms with E-state index in [2.05, 4.69) is 39.8 Å². The van der Waals surface area contributed by atoms with Crippen LogP contribution in [0, 0.1) is 0 Å². The van der Waals surface area contributed by atoms with Crippen molar-refractivity contribution in [3.63, 3.8) is 0 Å². The van der Waals surface area contributed by atoms with Gasteiger partial charge in [-0.05, 0) is 17.7 Å². The second kappa shape index (κ2) is 7.63. The molecule has 1 aromatic rings. The first-order chi connectivity index (χ1) is 9.00. The van der Waals surface area contributed by atoms with Crippen molar-refractivity contribution < 1.29 is 4.79 Å². The second-order valence-corrected chi connectivity index (χ2v) is 4.86. The SMILES string of the molecule is CN(C)C(=O)NCCNCc1ccc(N(C)C)cc1. The number of hydrogen-bond acceptors (Lipinski definition) is 3. The molecule has 2 N–H and O–H groups in total. The highest BCUT2D eigenvalue weighted by Crippen LogP contribution is 2.11. The Morgan fingerprint density at radius 3 is 2.21 bits per heavy atom. The Hall–Kier alpha value is -1.75. The van der Waals surface area contributed by atoms with Crippen LogP contribution in [0.15, 0.2) is 24.3 Å². The normalized spacial score (nSPS) is 10.1. The summed E-state index contributed by atoms with van der Waals surface area (Å²) in [4.78, 5) is 14.9. The average molecular weight is 264 g/mol. The highest BCUT2D eigenvalue weighted by molar-refractivity contribution is 5.73. The van der Waals surface area contributed by atoms with E-state index < -0.39 is 0 Å². The van der Waals surface area contributed by atoms with Gasteiger partial charge in [-0.1, -0.05) is 12.1 Å². The van der Waals surface area contributed by atoms with Crippen LogP contribution >= 0.6 is 0 Å². The van der Waals surface area contributed by atoms with Gasteiger partial charge >= 0.3 is 6.03 Å². The first-order valence-corrected chi connectivity index (χ1v) is 6.43. The summed E-state index contributed by atoms with van der Waals surface area (Å²) in [5, 5.41) is 6.11. The highest BCUT2D eigenvalue weighted by atomic mass is 16.2. The zero-order valence-electron chi connectivity index (χ0n) is 12.2. The van der Waals surface area contributed by atoms with E-state index >= 15 is 0 Å². The third-order valence-electron chi connectivity index (χ3n) is 2.77. The maximum absolute atomic E-state index is 11.3. The second-order valence-electron chi connectivity index (χ2n) is 4.86. The lowest BCUT2D eigenvalue weighted by Crippen LogP contribution is -2.38. The molecule has 0 unspecified atom stereocenters. The van der Waals surface area contributed by atoms with E-state index in [1.165, 1.54) is 16.2 Å². The molecule has 2 amide bonds. The Morgan fingerprint density at radius 2 is 1.68 bits per heavy atom. The number of carbonyl (C=O) groups is 1. The van der Waals surface area contributed by atoms with Crippen LogP contribution in [-0.2, 0) is 6.54 Å². The van der Waals surface area contributed by atoms with Crippen LogP contribution in [-0.4, -0.2) is 52.2 Å². The van der Waals surface area contributed by atoms with Gasteiger partial charge in [-0.15, -0.1) is 0 Å². The fraction of sp³-hybridized carbons (Fsp3) is 0.500. The van der Waals surface area contributed by atoms with Crippen LogP contribution < -0.4 is 15.5 Å². The molecule has 0 fully saturated rings. The molecular formula is C14H24N4O. The van der Waals surface area contributed by atoms with E-state index in [-0.39, 0.29) is 6.03 Å². The van der Waals surface area contributed by atoms with Crippen molar-refractivity contribution in [1.29, 1.82) is 0 Å². The molecule has 0 saturated heterocycles. The molecule has 0 radical (unpaired) electrons. The Morgan fingerprint density at radius 1 is 1.05 bits per heavy atom. The predicted molar refractivity (Wildman–Crippen MR) is 79.6 cm³/mol. The minimum atomic E-state index is -0.0582. The average Bonchev–Trinajstić information content (AvgIpc) is 2.38. The quantitative estimate of drug-likeness (QED) is 0.757. The van der Waals surface area contributed by atoms with E-state index in [1.54, 1.807) is 14.1 Å². The summed E-state index contributed by atoms with van der Waals surface area (Å²) < 4.78 is 0. The van der Waals surface area contributed by atoms with Gasteiger partial charge < -0.3 is 20.4 Å². The van der Waals surface area contributed by atoms with Crippen molar-refractivity contribution in [3.8, 4) is 0 Å². The van der Waals surface area contributed by atoms with Crippen LogP contribution in [0.25, 0.3) is 0 Å². The van der Waals surface area contributed by atoms with Crippen molar-refractivity contribution in [2.24, 2.45) is 0 Å². The lowest BCUT2D eigenvalue weighted by atomic mass is 10.2. The maximum atomic E-state index is 11.3. The first-order valence-electron chi connectivity index (χ1n) is 6.43. The zero-order chi connectivity index (χ0) is 14.3. The molecule has 1 rings (SSSR count). The van der Waals surface area contributed by atoms with Gasteiger partial charge in [0.25, 0.3) is 0 Å². The number of nitrogens with one attached hydrogen (secondary N) is 2. The van der Waals surface area contributed by atoms with E-state index in [1.807, 2.05) is 14.1 Å². The molecule has 1 aromatic carbocycles. The minimum Gasteiger partial charge on any atom is -0.378 e. The predicted octanol–water partition coefficient (Wildman–Crippen LogP) is 1.11. The van der Waals surface area contributed by atoms with Gasteiger partial charge in [-0.25, -0.2) is 4.79 Å². The minimum absolute atomic E-state index is 0.0582. The van der Waals surface area contributed by atoms with Gasteiger partial charge in [0, 0.05) is 53.5 Å². The zero-order valence-corrected chi connectivity index (χ0v) is 12.2. The summed E-state index contributed by atoms with van der Waals surface area (Å²) >= 11 is 0. The molecule has 0 bridgehead atoms. The molecule has 0 saturated carbocycles. The summed E-state index contributed by atoms with van der Waals surface area (Å²) in [6.07, 6.45) is 0. The Balaban J connectivity index is 2.21. The smallest absolute Gasteiger partial charge is 0.316 e. The molecule has 0 heterocycles. The number of anilines is 1. The molecule has 5 nitrogen and oxygen atoms in total. The topological polar surface area (TPSA) is 47.6 Å². The number of amides is 2. The van der Waals surface area contributed by atoms with Gasteiger partial charge in [0.1, 0.15) is 0 Å². The lowest BCUT2D eigenvalue weighted by molar-refractivity contribution is 0.217. The Kier molecular flexibility index (Phi) is 6.15. The van der Waals surface area contributed by atoms with Gasteiger partial charge in [0.05, 0.1) is 0 Å². The summed E-state index contributed by atoms with van der Waals surface area (Å²) in [6.45, 7) is 2.20. The molecule has 0 aromatic heterocycles. The first kappa shape index (κ1) is 15.3. The van der Waals surface area contributed by atoms with E-state index in [9.17, 15) is 4.79 Å². The van der Waals surface area contributed by atoms with Crippen molar-refractivity contribution in [2.75, 3.05) is 46.2 Å². The van der Waals surface area contributed by atoms with Crippen molar-refractivity contribution in [2.45, 2.75) is 6.54 Å². The van der Waals surface area contributed by atoms with Crippen LogP contribution in [0.3, 0.4) is 0 Å². The number of urea groups is 1. The number of carbonyl (C=O) groups excluding carboxylic acids is 1. The fourth-order valence-electron chi connectivity index (χ4n) is 1.56. The number of nitrogens with zero attached hydrogens (tertiary/aromatic N) is 2. The summed E-state index contributed by atoms with van der Waals surface area (Å²) in [5.41, 5.74) is 2.44. The number of rotatable bonds is 6. The van der Waals surface area contributed by atoms with Gasteiger partial charge in [0.15, 0.2) is 0 Å². The Labute approximate surface area is 115 Å². The lowest BCUT2D eigenvalue weighted by Gasteiger charge is -2.13. The third-order valence-corrected chi connectivity index (χ3v) is 2.77. The molecule has 106 valence electrons. The molecule has 0 aliphatic carbocycles. The van der Waals surface area contributed by atoms with Crippen molar-refractivity contribution >= 4 is 11.7 Å². The maximum Gasteiger partial charge on any atom is 0.316 e. The molecule has 0 aliphatic rings. The summed E-state index contributed by atoms with van der Waals surface area (Å²) in [7, 11) is 7.52. The Bertz CT molecular complexity index is 387. The molecule has 0 spiro atoms.